The minimum atomic E-state index is -0.421. The van der Waals surface area contributed by atoms with Gasteiger partial charge in [-0.25, -0.2) is 0 Å². The van der Waals surface area contributed by atoms with Crippen molar-refractivity contribution in [2.45, 2.75) is 52.4 Å². The van der Waals surface area contributed by atoms with E-state index in [4.69, 9.17) is 0 Å². The molecule has 0 saturated heterocycles. The summed E-state index contributed by atoms with van der Waals surface area (Å²) in [4.78, 5) is 14.8. The maximum atomic E-state index is 13.6. The van der Waals surface area contributed by atoms with Gasteiger partial charge in [-0.3, -0.25) is 4.79 Å². The molecular formula is C28H30N2OS. The number of benzene rings is 2. The number of amides is 1. The normalized spacial score (nSPS) is 15.8. The van der Waals surface area contributed by atoms with Crippen molar-refractivity contribution >= 4 is 22.2 Å². The number of fused-ring (bicyclic) bond motifs is 1. The summed E-state index contributed by atoms with van der Waals surface area (Å²) in [6, 6.07) is 22.1. The monoisotopic (exact) mass is 442 g/mol. The summed E-state index contributed by atoms with van der Waals surface area (Å²) < 4.78 is 0. The van der Waals surface area contributed by atoms with Gasteiger partial charge in [0.2, 0.25) is 5.91 Å². The van der Waals surface area contributed by atoms with Crippen LogP contribution in [0.15, 0.2) is 60.7 Å². The van der Waals surface area contributed by atoms with Crippen molar-refractivity contribution < 1.29 is 4.79 Å². The molecule has 1 heterocycles. The summed E-state index contributed by atoms with van der Waals surface area (Å²) in [5, 5.41) is 13.8. The highest BCUT2D eigenvalue weighted by molar-refractivity contribution is 7.16. The molecule has 0 saturated carbocycles. The number of nitrogens with zero attached hydrogens (tertiary/aromatic N) is 1. The highest BCUT2D eigenvalue weighted by Gasteiger charge is 2.34. The van der Waals surface area contributed by atoms with Crippen molar-refractivity contribution in [1.82, 2.24) is 0 Å². The second-order valence-corrected chi connectivity index (χ2v) is 10.5. The fraction of sp³-hybridized carbons (Fsp3) is 0.357. The fourth-order valence-electron chi connectivity index (χ4n) is 4.72. The molecule has 1 amide bonds. The summed E-state index contributed by atoms with van der Waals surface area (Å²) >= 11 is 1.60. The Morgan fingerprint density at radius 1 is 1.12 bits per heavy atom. The van der Waals surface area contributed by atoms with Gasteiger partial charge in [0.25, 0.3) is 0 Å². The van der Waals surface area contributed by atoms with E-state index in [9.17, 15) is 10.1 Å². The zero-order valence-corrected chi connectivity index (χ0v) is 19.8. The highest BCUT2D eigenvalue weighted by atomic mass is 32.1. The summed E-state index contributed by atoms with van der Waals surface area (Å²) in [5.41, 5.74) is 3.98. The Morgan fingerprint density at radius 2 is 1.72 bits per heavy atom. The maximum absolute atomic E-state index is 13.6. The number of hydrogen-bond donors (Lipinski definition) is 1. The zero-order valence-electron chi connectivity index (χ0n) is 19.0. The van der Waals surface area contributed by atoms with Crippen LogP contribution in [0.3, 0.4) is 0 Å². The molecule has 1 N–H and O–H groups in total. The van der Waals surface area contributed by atoms with Crippen LogP contribution in [0.1, 0.15) is 66.7 Å². The average molecular weight is 443 g/mol. The topological polar surface area (TPSA) is 52.9 Å². The van der Waals surface area contributed by atoms with E-state index < -0.39 is 5.92 Å². The van der Waals surface area contributed by atoms with Crippen molar-refractivity contribution in [2.24, 2.45) is 11.3 Å². The largest absolute Gasteiger partial charge is 0.316 e. The molecule has 3 aromatic rings. The summed E-state index contributed by atoms with van der Waals surface area (Å²) in [5.74, 6) is 0.0907. The predicted molar refractivity (Wildman–Crippen MR) is 132 cm³/mol. The lowest BCUT2D eigenvalue weighted by molar-refractivity contribution is -0.116. The number of thiophene rings is 1. The first kappa shape index (κ1) is 22.3. The first-order valence-corrected chi connectivity index (χ1v) is 12.2. The van der Waals surface area contributed by atoms with Crippen molar-refractivity contribution in [3.63, 3.8) is 0 Å². The van der Waals surface area contributed by atoms with E-state index in [0.717, 1.165) is 42.4 Å². The molecule has 1 unspecified atom stereocenters. The number of hydrogen-bond acceptors (Lipinski definition) is 3. The van der Waals surface area contributed by atoms with Crippen LogP contribution < -0.4 is 5.32 Å². The molecule has 0 aliphatic heterocycles. The van der Waals surface area contributed by atoms with E-state index in [1.54, 1.807) is 11.3 Å². The van der Waals surface area contributed by atoms with Gasteiger partial charge in [-0.1, -0.05) is 87.9 Å². The van der Waals surface area contributed by atoms with Crippen LogP contribution in [0.25, 0.3) is 0 Å². The molecule has 1 aromatic heterocycles. The van der Waals surface area contributed by atoms with E-state index >= 15 is 0 Å². The van der Waals surface area contributed by atoms with Crippen LogP contribution in [0.5, 0.6) is 0 Å². The van der Waals surface area contributed by atoms with Gasteiger partial charge in [-0.15, -0.1) is 11.3 Å². The van der Waals surface area contributed by atoms with Gasteiger partial charge in [-0.2, -0.15) is 5.26 Å². The van der Waals surface area contributed by atoms with Gasteiger partial charge >= 0.3 is 0 Å². The number of nitrogens with one attached hydrogen (secondary N) is 1. The molecule has 1 aliphatic rings. The van der Waals surface area contributed by atoms with Crippen LogP contribution >= 0.6 is 11.3 Å². The van der Waals surface area contributed by atoms with Gasteiger partial charge in [0.1, 0.15) is 11.1 Å². The molecule has 4 rings (SSSR count). The van der Waals surface area contributed by atoms with E-state index in [1.165, 1.54) is 4.88 Å². The number of rotatable bonds is 6. The minimum absolute atomic E-state index is 0.0945. The molecule has 0 fully saturated rings. The smallest absolute Gasteiger partial charge is 0.237 e. The standard InChI is InChI=1S/C28H30N2OS/c1-4-28(2,3)21-15-16-22-23(18-29)27(32-24(22)17-21)30-26(31)25(19-11-7-5-8-12-19)20-13-9-6-10-14-20/h5-14,21,25H,4,15-17H2,1-3H3,(H,30,31). The van der Waals surface area contributed by atoms with E-state index in [-0.39, 0.29) is 11.3 Å². The van der Waals surface area contributed by atoms with Crippen LogP contribution in [0.4, 0.5) is 5.00 Å². The Balaban J connectivity index is 1.65. The third kappa shape index (κ3) is 4.36. The van der Waals surface area contributed by atoms with Crippen LogP contribution in [0.2, 0.25) is 0 Å². The molecule has 0 spiro atoms. The molecule has 4 heteroatoms. The Hall–Kier alpha value is -2.90. The lowest BCUT2D eigenvalue weighted by Crippen LogP contribution is -2.28. The predicted octanol–water partition coefficient (Wildman–Crippen LogP) is 6.93. The number of carbonyl (C=O) groups excluding carboxylic acids is 1. The van der Waals surface area contributed by atoms with Gasteiger partial charge < -0.3 is 5.32 Å². The van der Waals surface area contributed by atoms with Crippen molar-refractivity contribution in [2.75, 3.05) is 5.32 Å². The molecular weight excluding hydrogens is 412 g/mol. The summed E-state index contributed by atoms with van der Waals surface area (Å²) in [6.45, 7) is 6.94. The molecule has 1 atom stereocenters. The van der Waals surface area contributed by atoms with Gasteiger partial charge in [-0.05, 0) is 47.3 Å². The lowest BCUT2D eigenvalue weighted by atomic mass is 9.69. The quantitative estimate of drug-likeness (QED) is 0.450. The number of carbonyl (C=O) groups is 1. The highest BCUT2D eigenvalue weighted by Crippen LogP contribution is 2.45. The molecule has 2 aromatic carbocycles. The summed E-state index contributed by atoms with van der Waals surface area (Å²) in [7, 11) is 0. The molecule has 164 valence electrons. The Bertz CT molecular complexity index is 1090. The number of anilines is 1. The van der Waals surface area contributed by atoms with E-state index in [1.807, 2.05) is 60.7 Å². The Labute approximate surface area is 195 Å². The SMILES string of the molecule is CCC(C)(C)C1CCc2c(sc(NC(=O)C(c3ccccc3)c3ccccc3)c2C#N)C1. The molecule has 0 radical (unpaired) electrons. The first-order valence-electron chi connectivity index (χ1n) is 11.4. The first-order chi connectivity index (χ1) is 15.4. The summed E-state index contributed by atoms with van der Waals surface area (Å²) in [6.07, 6.45) is 4.15. The third-order valence-corrected chi connectivity index (χ3v) is 8.33. The molecule has 3 nitrogen and oxygen atoms in total. The van der Waals surface area contributed by atoms with E-state index in [2.05, 4.69) is 32.2 Å². The van der Waals surface area contributed by atoms with Crippen molar-refractivity contribution in [1.29, 1.82) is 5.26 Å². The van der Waals surface area contributed by atoms with Crippen LogP contribution in [-0.2, 0) is 17.6 Å². The fourth-order valence-corrected chi connectivity index (χ4v) is 6.00. The number of nitriles is 1. The molecule has 32 heavy (non-hydrogen) atoms. The Morgan fingerprint density at radius 3 is 2.25 bits per heavy atom. The lowest BCUT2D eigenvalue weighted by Gasteiger charge is -2.36. The van der Waals surface area contributed by atoms with Crippen molar-refractivity contribution in [3.8, 4) is 6.07 Å². The van der Waals surface area contributed by atoms with Crippen LogP contribution in [-0.4, -0.2) is 5.91 Å². The van der Waals surface area contributed by atoms with Gasteiger partial charge in [0.15, 0.2) is 0 Å². The molecule has 0 bridgehead atoms. The average Bonchev–Trinajstić information content (AvgIpc) is 3.16. The van der Waals surface area contributed by atoms with Crippen molar-refractivity contribution in [3.05, 3.63) is 87.8 Å². The van der Waals surface area contributed by atoms with E-state index in [0.29, 0.717) is 16.5 Å². The zero-order chi connectivity index (χ0) is 22.7. The Kier molecular flexibility index (Phi) is 6.48. The van der Waals surface area contributed by atoms with Gasteiger partial charge in [0, 0.05) is 4.88 Å². The van der Waals surface area contributed by atoms with Gasteiger partial charge in [0.05, 0.1) is 11.5 Å². The minimum Gasteiger partial charge on any atom is -0.316 e. The second kappa shape index (κ2) is 9.30. The van der Waals surface area contributed by atoms with Crippen LogP contribution in [0, 0.1) is 22.7 Å². The molecule has 1 aliphatic carbocycles. The second-order valence-electron chi connectivity index (χ2n) is 9.35. The third-order valence-electron chi connectivity index (χ3n) is 7.16. The maximum Gasteiger partial charge on any atom is 0.237 e.